The van der Waals surface area contributed by atoms with Gasteiger partial charge in [-0.05, 0) is 58.2 Å². The minimum atomic E-state index is -0.355. The molecule has 1 aliphatic rings. The van der Waals surface area contributed by atoms with E-state index in [-0.39, 0.29) is 36.3 Å². The minimum Gasteiger partial charge on any atom is -0.350 e. The van der Waals surface area contributed by atoms with Gasteiger partial charge in [0.1, 0.15) is 5.69 Å². The summed E-state index contributed by atoms with van der Waals surface area (Å²) in [7, 11) is 0. The topological polar surface area (TPSA) is 76.3 Å². The van der Waals surface area contributed by atoms with Gasteiger partial charge >= 0.3 is 5.69 Å². The largest absolute Gasteiger partial charge is 0.350 e. The second-order valence-corrected chi connectivity index (χ2v) is 10.0. The van der Waals surface area contributed by atoms with Crippen molar-refractivity contribution in [2.75, 3.05) is 13.1 Å². The van der Waals surface area contributed by atoms with Gasteiger partial charge in [0, 0.05) is 29.7 Å². The van der Waals surface area contributed by atoms with Gasteiger partial charge in [-0.25, -0.2) is 4.79 Å². The Hall–Kier alpha value is -3.62. The lowest BCUT2D eigenvalue weighted by Gasteiger charge is -2.28. The average molecular weight is 580 g/mol. The first-order valence-corrected chi connectivity index (χ1v) is 13.1. The third kappa shape index (κ3) is 5.12. The van der Waals surface area contributed by atoms with Crippen LogP contribution in [-0.4, -0.2) is 38.9 Å². The molecule has 0 spiro atoms. The number of fused-ring (bicyclic) bond motifs is 1. The Morgan fingerprint density at radius 3 is 2.35 bits per heavy atom. The van der Waals surface area contributed by atoms with Crippen LogP contribution >= 0.6 is 27.5 Å². The van der Waals surface area contributed by atoms with E-state index >= 15 is 0 Å². The summed E-state index contributed by atoms with van der Waals surface area (Å²) in [5.41, 5.74) is 2.60. The van der Waals surface area contributed by atoms with E-state index in [0.717, 1.165) is 5.56 Å². The van der Waals surface area contributed by atoms with Crippen molar-refractivity contribution in [3.8, 4) is 5.69 Å². The maximum Gasteiger partial charge on any atom is 0.333 e. The molecular weight excluding hydrogens is 556 g/mol. The van der Waals surface area contributed by atoms with Gasteiger partial charge in [-0.2, -0.15) is 0 Å². The molecule has 0 saturated heterocycles. The van der Waals surface area contributed by atoms with Crippen molar-refractivity contribution in [3.05, 3.63) is 121 Å². The van der Waals surface area contributed by atoms with Gasteiger partial charge in [-0.3, -0.25) is 18.7 Å². The Morgan fingerprint density at radius 1 is 0.946 bits per heavy atom. The molecule has 0 saturated carbocycles. The lowest BCUT2D eigenvalue weighted by molar-refractivity contribution is 0.0706. The van der Waals surface area contributed by atoms with E-state index in [1.807, 2.05) is 48.5 Å². The molecule has 0 bridgehead atoms. The van der Waals surface area contributed by atoms with Crippen LogP contribution in [0.5, 0.6) is 0 Å². The number of nitrogens with one attached hydrogen (secondary N) is 1. The first-order chi connectivity index (χ1) is 17.9. The second-order valence-electron chi connectivity index (χ2n) is 8.75. The lowest BCUT2D eigenvalue weighted by atomic mass is 10.1. The van der Waals surface area contributed by atoms with Gasteiger partial charge in [-0.15, -0.1) is 0 Å². The van der Waals surface area contributed by atoms with E-state index < -0.39 is 0 Å². The molecule has 188 valence electrons. The molecule has 2 heterocycles. The molecule has 2 amide bonds. The van der Waals surface area contributed by atoms with Crippen LogP contribution in [0.2, 0.25) is 5.02 Å². The predicted octanol–water partition coefficient (Wildman–Crippen LogP) is 4.68. The smallest absolute Gasteiger partial charge is 0.333 e. The van der Waals surface area contributed by atoms with Crippen LogP contribution in [0.25, 0.3) is 5.69 Å². The van der Waals surface area contributed by atoms with Crippen molar-refractivity contribution < 1.29 is 9.59 Å². The Bertz CT molecular complexity index is 1520. The van der Waals surface area contributed by atoms with Gasteiger partial charge in [-0.1, -0.05) is 60.1 Å². The average Bonchev–Trinajstić information content (AvgIpc) is 3.22. The number of hydrogen-bond donors (Lipinski definition) is 1. The summed E-state index contributed by atoms with van der Waals surface area (Å²) >= 11 is 9.56. The van der Waals surface area contributed by atoms with Crippen LogP contribution in [0.1, 0.15) is 32.1 Å². The van der Waals surface area contributed by atoms with Crippen LogP contribution in [0.15, 0.2) is 88.1 Å². The molecule has 3 aromatic carbocycles. The summed E-state index contributed by atoms with van der Waals surface area (Å²) in [5.74, 6) is -0.567. The molecule has 0 fully saturated rings. The Balaban J connectivity index is 1.48. The summed E-state index contributed by atoms with van der Waals surface area (Å²) in [5, 5.41) is 3.41. The highest BCUT2D eigenvalue weighted by atomic mass is 79.9. The van der Waals surface area contributed by atoms with Crippen molar-refractivity contribution in [3.63, 3.8) is 0 Å². The third-order valence-electron chi connectivity index (χ3n) is 6.40. The van der Waals surface area contributed by atoms with Gasteiger partial charge < -0.3 is 10.2 Å². The van der Waals surface area contributed by atoms with Crippen molar-refractivity contribution in [2.45, 2.75) is 19.5 Å². The van der Waals surface area contributed by atoms with E-state index in [1.54, 1.807) is 39.8 Å². The van der Waals surface area contributed by atoms with E-state index in [9.17, 15) is 14.4 Å². The predicted molar refractivity (Wildman–Crippen MR) is 146 cm³/mol. The number of carbonyl (C=O) groups excluding carboxylic acids is 2. The van der Waals surface area contributed by atoms with Gasteiger partial charge in [0.25, 0.3) is 11.8 Å². The molecule has 1 aromatic heterocycles. The highest BCUT2D eigenvalue weighted by molar-refractivity contribution is 9.10. The molecule has 0 unspecified atom stereocenters. The summed E-state index contributed by atoms with van der Waals surface area (Å²) in [4.78, 5) is 42.0. The number of amides is 2. The zero-order valence-electron chi connectivity index (χ0n) is 19.9. The van der Waals surface area contributed by atoms with Crippen molar-refractivity contribution >= 4 is 39.3 Å². The van der Waals surface area contributed by atoms with Crippen LogP contribution in [-0.2, 0) is 19.5 Å². The number of para-hydroxylation sites is 1. The van der Waals surface area contributed by atoms with Gasteiger partial charge in [0.05, 0.1) is 22.9 Å². The Labute approximate surface area is 227 Å². The molecule has 5 rings (SSSR count). The Kier molecular flexibility index (Phi) is 7.30. The quantitative estimate of drug-likeness (QED) is 0.360. The lowest BCUT2D eigenvalue weighted by Crippen LogP contribution is -2.41. The number of hydrogen-bond acceptors (Lipinski definition) is 3. The SMILES string of the molecule is O=C(NCCc1ccccc1)c1c2n(c(=O)n1-c1ccccc1)CCN(C(=O)c1ccc(Br)c(Cl)c1)C2. The van der Waals surface area contributed by atoms with Crippen LogP contribution < -0.4 is 11.0 Å². The number of nitrogens with zero attached hydrogens (tertiary/aromatic N) is 3. The molecule has 0 aliphatic carbocycles. The van der Waals surface area contributed by atoms with Gasteiger partial charge in [0.2, 0.25) is 0 Å². The monoisotopic (exact) mass is 578 g/mol. The summed E-state index contributed by atoms with van der Waals surface area (Å²) in [6.45, 7) is 1.17. The summed E-state index contributed by atoms with van der Waals surface area (Å²) < 4.78 is 3.74. The standard InChI is InChI=1S/C28H24BrClN4O3/c29-22-12-11-20(17-23(22)30)27(36)32-15-16-33-24(18-32)25(34(28(33)37)21-9-5-2-6-10-21)26(35)31-14-13-19-7-3-1-4-8-19/h1-12,17H,13-16,18H2,(H,31,35). The van der Waals surface area contributed by atoms with E-state index in [4.69, 9.17) is 11.6 Å². The zero-order chi connectivity index (χ0) is 25.9. The van der Waals surface area contributed by atoms with Crippen molar-refractivity contribution in [2.24, 2.45) is 0 Å². The second kappa shape index (κ2) is 10.8. The van der Waals surface area contributed by atoms with E-state index in [2.05, 4.69) is 21.2 Å². The van der Waals surface area contributed by atoms with Crippen molar-refractivity contribution in [1.29, 1.82) is 0 Å². The number of halogens is 2. The molecule has 1 aliphatic heterocycles. The molecule has 7 nitrogen and oxygen atoms in total. The highest BCUT2D eigenvalue weighted by Gasteiger charge is 2.32. The van der Waals surface area contributed by atoms with Gasteiger partial charge in [0.15, 0.2) is 0 Å². The molecular formula is C28H24BrClN4O3. The number of rotatable bonds is 6. The molecule has 9 heteroatoms. The fourth-order valence-electron chi connectivity index (χ4n) is 4.54. The fraction of sp³-hybridized carbons (Fsp3) is 0.179. The maximum atomic E-state index is 13.5. The summed E-state index contributed by atoms with van der Waals surface area (Å²) in [6.07, 6.45) is 0.660. The normalized spacial score (nSPS) is 12.8. The van der Waals surface area contributed by atoms with Crippen LogP contribution in [0.4, 0.5) is 0 Å². The molecule has 37 heavy (non-hydrogen) atoms. The number of aromatic nitrogens is 2. The Morgan fingerprint density at radius 2 is 1.65 bits per heavy atom. The number of imidazole rings is 1. The van der Waals surface area contributed by atoms with Crippen molar-refractivity contribution in [1.82, 2.24) is 19.4 Å². The fourth-order valence-corrected chi connectivity index (χ4v) is 4.97. The first-order valence-electron chi connectivity index (χ1n) is 11.9. The van der Waals surface area contributed by atoms with Crippen LogP contribution in [0, 0.1) is 0 Å². The third-order valence-corrected chi connectivity index (χ3v) is 7.64. The molecule has 0 atom stereocenters. The number of carbonyl (C=O) groups is 2. The maximum absolute atomic E-state index is 13.5. The highest BCUT2D eigenvalue weighted by Crippen LogP contribution is 2.26. The minimum absolute atomic E-state index is 0.128. The summed E-state index contributed by atoms with van der Waals surface area (Å²) in [6, 6.07) is 24.0. The zero-order valence-corrected chi connectivity index (χ0v) is 22.2. The van der Waals surface area contributed by atoms with E-state index in [1.165, 1.54) is 4.57 Å². The first kappa shape index (κ1) is 25.0. The van der Waals surface area contributed by atoms with Crippen LogP contribution in [0.3, 0.4) is 0 Å². The number of benzene rings is 3. The molecule has 0 radical (unpaired) electrons. The molecule has 4 aromatic rings. The van der Waals surface area contributed by atoms with E-state index in [0.29, 0.717) is 46.0 Å². The molecule has 1 N–H and O–H groups in total.